The van der Waals surface area contributed by atoms with Crippen LogP contribution in [0.25, 0.3) is 0 Å². The van der Waals surface area contributed by atoms with Crippen LogP contribution in [0.15, 0.2) is 18.3 Å². The van der Waals surface area contributed by atoms with Crippen molar-refractivity contribution in [3.63, 3.8) is 0 Å². The third kappa shape index (κ3) is 5.46. The second kappa shape index (κ2) is 7.33. The third-order valence-electron chi connectivity index (χ3n) is 2.51. The molecule has 0 atom stereocenters. The molecule has 2 N–H and O–H groups in total. The Bertz CT molecular complexity index is 443. The van der Waals surface area contributed by atoms with Crippen molar-refractivity contribution in [1.82, 2.24) is 4.98 Å². The van der Waals surface area contributed by atoms with Crippen molar-refractivity contribution in [2.75, 3.05) is 24.7 Å². The van der Waals surface area contributed by atoms with Crippen LogP contribution in [0.5, 0.6) is 5.75 Å². The molecule has 6 heteroatoms. The Labute approximate surface area is 108 Å². The maximum Gasteiger partial charge on any atom is 0.150 e. The van der Waals surface area contributed by atoms with Gasteiger partial charge in [-0.25, -0.2) is 8.42 Å². The molecule has 0 aliphatic carbocycles. The summed E-state index contributed by atoms with van der Waals surface area (Å²) < 4.78 is 27.9. The van der Waals surface area contributed by atoms with Gasteiger partial charge in [0.2, 0.25) is 0 Å². The number of ether oxygens (including phenoxy) is 1. The first-order valence-electron chi connectivity index (χ1n) is 6.05. The fourth-order valence-corrected chi connectivity index (χ4v) is 2.25. The number of aromatic nitrogens is 1. The summed E-state index contributed by atoms with van der Waals surface area (Å²) in [4.78, 5) is 4.19. The van der Waals surface area contributed by atoms with Crippen LogP contribution in [-0.2, 0) is 16.3 Å². The standard InChI is InChI=1S/C12H20N2O3S/c1-2-18(15,16)9-3-8-17-12-5-4-11(6-7-13)14-10-12/h4-5,10H,2-3,6-9,13H2,1H3. The lowest BCUT2D eigenvalue weighted by molar-refractivity contribution is 0.316. The molecule has 0 aliphatic heterocycles. The average molecular weight is 272 g/mol. The largest absolute Gasteiger partial charge is 0.492 e. The molecular weight excluding hydrogens is 252 g/mol. The molecule has 1 aromatic heterocycles. The Hall–Kier alpha value is -1.14. The smallest absolute Gasteiger partial charge is 0.150 e. The molecule has 0 amide bonds. The van der Waals surface area contributed by atoms with Crippen molar-refractivity contribution in [3.8, 4) is 5.75 Å². The fourth-order valence-electron chi connectivity index (χ4n) is 1.41. The van der Waals surface area contributed by atoms with Gasteiger partial charge in [0.25, 0.3) is 0 Å². The van der Waals surface area contributed by atoms with Gasteiger partial charge < -0.3 is 10.5 Å². The molecule has 1 heterocycles. The highest BCUT2D eigenvalue weighted by Crippen LogP contribution is 2.09. The van der Waals surface area contributed by atoms with Crippen LogP contribution in [0, 0.1) is 0 Å². The summed E-state index contributed by atoms with van der Waals surface area (Å²) in [5.74, 6) is 1.01. The number of nitrogens with zero attached hydrogens (tertiary/aromatic N) is 1. The average Bonchev–Trinajstić information content (AvgIpc) is 2.37. The van der Waals surface area contributed by atoms with Gasteiger partial charge in [0.05, 0.1) is 18.6 Å². The van der Waals surface area contributed by atoms with Crippen molar-refractivity contribution in [1.29, 1.82) is 0 Å². The number of sulfone groups is 1. The first-order valence-corrected chi connectivity index (χ1v) is 7.87. The van der Waals surface area contributed by atoms with Crippen LogP contribution >= 0.6 is 0 Å². The zero-order valence-electron chi connectivity index (χ0n) is 10.6. The third-order valence-corrected chi connectivity index (χ3v) is 4.30. The minimum Gasteiger partial charge on any atom is -0.492 e. The SMILES string of the molecule is CCS(=O)(=O)CCCOc1ccc(CCN)nc1. The first-order chi connectivity index (χ1) is 8.57. The maximum atomic E-state index is 11.2. The van der Waals surface area contributed by atoms with Crippen LogP contribution in [0.3, 0.4) is 0 Å². The highest BCUT2D eigenvalue weighted by molar-refractivity contribution is 7.91. The molecule has 102 valence electrons. The summed E-state index contributed by atoms with van der Waals surface area (Å²) in [6.07, 6.45) is 2.88. The van der Waals surface area contributed by atoms with E-state index in [1.807, 2.05) is 12.1 Å². The lowest BCUT2D eigenvalue weighted by Gasteiger charge is -2.06. The monoisotopic (exact) mass is 272 g/mol. The molecule has 0 radical (unpaired) electrons. The number of rotatable bonds is 8. The van der Waals surface area contributed by atoms with Crippen LogP contribution in [0.1, 0.15) is 19.0 Å². The van der Waals surface area contributed by atoms with Crippen molar-refractivity contribution >= 4 is 9.84 Å². The van der Waals surface area contributed by atoms with Crippen LogP contribution in [0.4, 0.5) is 0 Å². The summed E-state index contributed by atoms with van der Waals surface area (Å²) in [5, 5.41) is 0. The Morgan fingerprint density at radius 1 is 1.39 bits per heavy atom. The lowest BCUT2D eigenvalue weighted by atomic mass is 10.3. The molecule has 0 saturated carbocycles. The second-order valence-electron chi connectivity index (χ2n) is 3.96. The van der Waals surface area contributed by atoms with E-state index in [1.165, 1.54) is 0 Å². The van der Waals surface area contributed by atoms with Crippen LogP contribution < -0.4 is 10.5 Å². The molecule has 0 spiro atoms. The summed E-state index contributed by atoms with van der Waals surface area (Å²) in [7, 11) is -2.90. The van der Waals surface area contributed by atoms with Gasteiger partial charge in [-0.15, -0.1) is 0 Å². The van der Waals surface area contributed by atoms with Crippen molar-refractivity contribution < 1.29 is 13.2 Å². The molecule has 0 aromatic carbocycles. The minimum absolute atomic E-state index is 0.169. The summed E-state index contributed by atoms with van der Waals surface area (Å²) in [6, 6.07) is 3.69. The summed E-state index contributed by atoms with van der Waals surface area (Å²) in [5.41, 5.74) is 6.35. The van der Waals surface area contributed by atoms with Crippen LogP contribution in [-0.4, -0.2) is 38.1 Å². The Kier molecular flexibility index (Phi) is 6.07. The highest BCUT2D eigenvalue weighted by atomic mass is 32.2. The van der Waals surface area contributed by atoms with Gasteiger partial charge in [0, 0.05) is 17.9 Å². The molecule has 18 heavy (non-hydrogen) atoms. The Balaban J connectivity index is 2.31. The van der Waals surface area contributed by atoms with Crippen molar-refractivity contribution in [2.45, 2.75) is 19.8 Å². The van der Waals surface area contributed by atoms with Gasteiger partial charge in [0.15, 0.2) is 0 Å². The van der Waals surface area contributed by atoms with Gasteiger partial charge >= 0.3 is 0 Å². The topological polar surface area (TPSA) is 82.3 Å². The quantitative estimate of drug-likeness (QED) is 0.707. The molecule has 0 aliphatic rings. The summed E-state index contributed by atoms with van der Waals surface area (Å²) >= 11 is 0. The molecule has 0 saturated heterocycles. The van der Waals surface area contributed by atoms with E-state index in [4.69, 9.17) is 10.5 Å². The molecule has 0 unspecified atom stereocenters. The van der Waals surface area contributed by atoms with Gasteiger partial charge in [-0.1, -0.05) is 6.92 Å². The van der Waals surface area contributed by atoms with Gasteiger partial charge in [0.1, 0.15) is 15.6 Å². The van der Waals surface area contributed by atoms with E-state index >= 15 is 0 Å². The number of hydrogen-bond donors (Lipinski definition) is 1. The van der Waals surface area contributed by atoms with E-state index in [9.17, 15) is 8.42 Å². The van der Waals surface area contributed by atoms with Gasteiger partial charge in [-0.05, 0) is 25.1 Å². The lowest BCUT2D eigenvalue weighted by Crippen LogP contribution is -2.12. The van der Waals surface area contributed by atoms with E-state index in [-0.39, 0.29) is 11.5 Å². The van der Waals surface area contributed by atoms with E-state index in [1.54, 1.807) is 13.1 Å². The Morgan fingerprint density at radius 3 is 2.72 bits per heavy atom. The first kappa shape index (κ1) is 14.9. The Morgan fingerprint density at radius 2 is 2.17 bits per heavy atom. The summed E-state index contributed by atoms with van der Waals surface area (Å²) in [6.45, 7) is 2.61. The molecule has 1 rings (SSSR count). The number of nitrogens with two attached hydrogens (primary N) is 1. The zero-order chi connectivity index (χ0) is 13.4. The van der Waals surface area contributed by atoms with E-state index < -0.39 is 9.84 Å². The minimum atomic E-state index is -2.90. The normalized spacial score (nSPS) is 11.4. The van der Waals surface area contributed by atoms with E-state index in [2.05, 4.69) is 4.98 Å². The maximum absolute atomic E-state index is 11.2. The predicted octanol–water partition coefficient (Wildman–Crippen LogP) is 0.786. The molecule has 0 fully saturated rings. The van der Waals surface area contributed by atoms with Crippen molar-refractivity contribution in [2.24, 2.45) is 5.73 Å². The van der Waals surface area contributed by atoms with Gasteiger partial charge in [-0.2, -0.15) is 0 Å². The molecule has 1 aromatic rings. The zero-order valence-corrected chi connectivity index (χ0v) is 11.4. The van der Waals surface area contributed by atoms with Gasteiger partial charge in [-0.3, -0.25) is 4.98 Å². The number of pyridine rings is 1. The van der Waals surface area contributed by atoms with E-state index in [0.29, 0.717) is 25.3 Å². The molecule has 5 nitrogen and oxygen atoms in total. The number of hydrogen-bond acceptors (Lipinski definition) is 5. The predicted molar refractivity (Wildman–Crippen MR) is 71.4 cm³/mol. The molecule has 0 bridgehead atoms. The fraction of sp³-hybridized carbons (Fsp3) is 0.583. The van der Waals surface area contributed by atoms with Crippen LogP contribution in [0.2, 0.25) is 0 Å². The molecular formula is C12H20N2O3S. The highest BCUT2D eigenvalue weighted by Gasteiger charge is 2.06. The van der Waals surface area contributed by atoms with Crippen molar-refractivity contribution in [3.05, 3.63) is 24.0 Å². The van der Waals surface area contributed by atoms with E-state index in [0.717, 1.165) is 12.1 Å². The second-order valence-corrected chi connectivity index (χ2v) is 6.44.